The van der Waals surface area contributed by atoms with Crippen LogP contribution >= 0.6 is 0 Å². The minimum absolute atomic E-state index is 0.262. The highest BCUT2D eigenvalue weighted by molar-refractivity contribution is 5.66. The van der Waals surface area contributed by atoms with Gasteiger partial charge in [-0.15, -0.1) is 0 Å². The van der Waals surface area contributed by atoms with Gasteiger partial charge < -0.3 is 10.2 Å². The average Bonchev–Trinajstić information content (AvgIpc) is 3.07. The number of carboxylic acid groups (broad SMARTS) is 2. The smallest absolute Gasteiger partial charge is 0.303 e. The van der Waals surface area contributed by atoms with E-state index < -0.39 is 11.9 Å². The van der Waals surface area contributed by atoms with E-state index in [0.29, 0.717) is 6.42 Å². The van der Waals surface area contributed by atoms with E-state index in [1.165, 1.54) is 135 Å². The fourth-order valence-corrected chi connectivity index (χ4v) is 5.34. The molecule has 0 aromatic carbocycles. The largest absolute Gasteiger partial charge is 0.481 e. The standard InChI is InChI=1S/C24H46O2.C20H32O2/c1-2-3-4-5-6-7-8-9-10-11-12-13-14-15-16-17-18-19-20-21-22-23-24(25)26;1-2-3-4-5-6-7-8-9-10-11-12-13-14-15-16-17-18-19-20(21)22/h9-10H,2-8,11-23H2,1H3,(H,25,26);6-7,9-10,12-13,15-16H,2-5,8,11,14,17-19H2,1H3,(H,21,22)/b10-9-;7-6-,10-9-,13-12-,16-15-. The third-order valence-electron chi connectivity index (χ3n) is 8.37. The van der Waals surface area contributed by atoms with Gasteiger partial charge in [-0.3, -0.25) is 9.59 Å². The molecule has 0 aromatic heterocycles. The molecule has 4 heteroatoms. The minimum atomic E-state index is -0.712. The van der Waals surface area contributed by atoms with Crippen molar-refractivity contribution in [1.29, 1.82) is 0 Å². The molecule has 0 heterocycles. The van der Waals surface area contributed by atoms with Gasteiger partial charge in [0.05, 0.1) is 0 Å². The molecular formula is C44H78O4. The van der Waals surface area contributed by atoms with E-state index in [0.717, 1.165) is 44.9 Å². The second-order valence-corrected chi connectivity index (χ2v) is 13.2. The van der Waals surface area contributed by atoms with Gasteiger partial charge in [0.15, 0.2) is 0 Å². The number of carbonyl (C=O) groups is 2. The summed E-state index contributed by atoms with van der Waals surface area (Å²) in [6, 6.07) is 0. The van der Waals surface area contributed by atoms with Crippen molar-refractivity contribution in [2.45, 2.75) is 206 Å². The molecule has 0 unspecified atom stereocenters. The summed E-state index contributed by atoms with van der Waals surface area (Å²) in [7, 11) is 0. The Morgan fingerprint density at radius 1 is 0.333 bits per heavy atom. The number of aliphatic carboxylic acids is 2. The third-order valence-corrected chi connectivity index (χ3v) is 8.37. The van der Waals surface area contributed by atoms with Crippen molar-refractivity contribution in [2.75, 3.05) is 0 Å². The number of hydrogen-bond donors (Lipinski definition) is 2. The first kappa shape index (κ1) is 47.8. The van der Waals surface area contributed by atoms with E-state index in [9.17, 15) is 9.59 Å². The van der Waals surface area contributed by atoms with E-state index >= 15 is 0 Å². The molecule has 0 bridgehead atoms. The Balaban J connectivity index is 0. The maximum atomic E-state index is 10.4. The summed E-state index contributed by atoms with van der Waals surface area (Å²) in [4.78, 5) is 20.7. The van der Waals surface area contributed by atoms with Crippen LogP contribution in [0.15, 0.2) is 60.8 Å². The lowest BCUT2D eigenvalue weighted by Gasteiger charge is -2.02. The fourth-order valence-electron chi connectivity index (χ4n) is 5.34. The van der Waals surface area contributed by atoms with Crippen LogP contribution in [0.25, 0.3) is 0 Å². The maximum absolute atomic E-state index is 10.4. The number of unbranched alkanes of at least 4 members (excludes halogenated alkanes) is 21. The first-order chi connectivity index (χ1) is 23.5. The molecule has 0 aliphatic heterocycles. The van der Waals surface area contributed by atoms with Gasteiger partial charge >= 0.3 is 11.9 Å². The fraction of sp³-hybridized carbons (Fsp3) is 0.727. The van der Waals surface area contributed by atoms with Gasteiger partial charge in [-0.2, -0.15) is 0 Å². The summed E-state index contributed by atoms with van der Waals surface area (Å²) in [6.45, 7) is 4.51. The average molecular weight is 671 g/mol. The van der Waals surface area contributed by atoms with Gasteiger partial charge in [0.1, 0.15) is 0 Å². The molecular weight excluding hydrogens is 592 g/mol. The monoisotopic (exact) mass is 671 g/mol. The van der Waals surface area contributed by atoms with Crippen LogP contribution in [0, 0.1) is 0 Å². The summed E-state index contributed by atoms with van der Waals surface area (Å²) in [6.07, 6.45) is 57.4. The van der Waals surface area contributed by atoms with Crippen LogP contribution < -0.4 is 0 Å². The molecule has 0 amide bonds. The Bertz CT molecular complexity index is 805. The molecule has 0 saturated heterocycles. The first-order valence-corrected chi connectivity index (χ1v) is 20.2. The first-order valence-electron chi connectivity index (χ1n) is 20.2. The van der Waals surface area contributed by atoms with Crippen molar-refractivity contribution in [3.05, 3.63) is 60.8 Å². The van der Waals surface area contributed by atoms with Crippen molar-refractivity contribution in [1.82, 2.24) is 0 Å². The summed E-state index contributed by atoms with van der Waals surface area (Å²) in [5.41, 5.74) is 0. The second kappa shape index (κ2) is 44.6. The van der Waals surface area contributed by atoms with Crippen LogP contribution in [0.3, 0.4) is 0 Å². The van der Waals surface area contributed by atoms with E-state index in [-0.39, 0.29) is 6.42 Å². The zero-order valence-corrected chi connectivity index (χ0v) is 31.7. The van der Waals surface area contributed by atoms with Gasteiger partial charge in [0.25, 0.3) is 0 Å². The molecule has 0 aliphatic carbocycles. The van der Waals surface area contributed by atoms with Crippen molar-refractivity contribution in [2.24, 2.45) is 0 Å². The number of rotatable bonds is 35. The van der Waals surface area contributed by atoms with E-state index in [1.807, 2.05) is 0 Å². The summed E-state index contributed by atoms with van der Waals surface area (Å²) in [5.74, 6) is -1.37. The van der Waals surface area contributed by atoms with Gasteiger partial charge in [-0.25, -0.2) is 0 Å². The lowest BCUT2D eigenvalue weighted by Crippen LogP contribution is -1.93. The highest BCUT2D eigenvalue weighted by atomic mass is 16.4. The molecule has 0 fully saturated rings. The number of allylic oxidation sites excluding steroid dienone is 10. The Hall–Kier alpha value is -2.36. The van der Waals surface area contributed by atoms with Gasteiger partial charge in [0.2, 0.25) is 0 Å². The molecule has 0 rings (SSSR count). The van der Waals surface area contributed by atoms with Crippen LogP contribution in [0.5, 0.6) is 0 Å². The predicted molar refractivity (Wildman–Crippen MR) is 211 cm³/mol. The number of hydrogen-bond acceptors (Lipinski definition) is 2. The van der Waals surface area contributed by atoms with Gasteiger partial charge in [-0.05, 0) is 77.0 Å². The Kier molecular flexibility index (Phi) is 44.4. The lowest BCUT2D eigenvalue weighted by molar-refractivity contribution is -0.138. The normalized spacial score (nSPS) is 11.9. The van der Waals surface area contributed by atoms with Crippen molar-refractivity contribution in [3.8, 4) is 0 Å². The Morgan fingerprint density at radius 3 is 0.979 bits per heavy atom. The molecule has 278 valence electrons. The van der Waals surface area contributed by atoms with Crippen LogP contribution in [0.4, 0.5) is 0 Å². The molecule has 48 heavy (non-hydrogen) atoms. The van der Waals surface area contributed by atoms with Crippen LogP contribution in [-0.2, 0) is 9.59 Å². The minimum Gasteiger partial charge on any atom is -0.481 e. The van der Waals surface area contributed by atoms with Gasteiger partial charge in [-0.1, -0.05) is 177 Å². The highest BCUT2D eigenvalue weighted by Gasteiger charge is 1.97. The zero-order valence-electron chi connectivity index (χ0n) is 31.7. The number of carboxylic acids is 2. The molecule has 4 nitrogen and oxygen atoms in total. The van der Waals surface area contributed by atoms with Crippen LogP contribution in [-0.4, -0.2) is 22.2 Å². The van der Waals surface area contributed by atoms with E-state index in [1.54, 1.807) is 0 Å². The predicted octanol–water partition coefficient (Wildman–Crippen LogP) is 14.7. The third kappa shape index (κ3) is 50.5. The quantitative estimate of drug-likeness (QED) is 0.0520. The summed E-state index contributed by atoms with van der Waals surface area (Å²) >= 11 is 0. The summed E-state index contributed by atoms with van der Waals surface area (Å²) in [5, 5.41) is 17.1. The van der Waals surface area contributed by atoms with E-state index in [2.05, 4.69) is 74.6 Å². The van der Waals surface area contributed by atoms with Crippen molar-refractivity contribution < 1.29 is 19.8 Å². The summed E-state index contributed by atoms with van der Waals surface area (Å²) < 4.78 is 0. The second-order valence-electron chi connectivity index (χ2n) is 13.2. The van der Waals surface area contributed by atoms with Crippen molar-refractivity contribution in [3.63, 3.8) is 0 Å². The molecule has 0 saturated carbocycles. The molecule has 2 N–H and O–H groups in total. The topological polar surface area (TPSA) is 74.6 Å². The molecule has 0 radical (unpaired) electrons. The SMILES string of the molecule is CCCCC/C=C\C/C=C\C/C=C\C/C=C\CCCC(=O)O.CCCCCCCC/C=C\CCCCCCCCCCCCCC(=O)O. The van der Waals surface area contributed by atoms with Crippen LogP contribution in [0.2, 0.25) is 0 Å². The molecule has 0 atom stereocenters. The van der Waals surface area contributed by atoms with Gasteiger partial charge in [0, 0.05) is 12.8 Å². The Morgan fingerprint density at radius 2 is 0.583 bits per heavy atom. The zero-order chi connectivity index (χ0) is 35.4. The molecule has 0 aromatic rings. The van der Waals surface area contributed by atoms with E-state index in [4.69, 9.17) is 10.2 Å². The Labute approximate surface area is 298 Å². The van der Waals surface area contributed by atoms with Crippen molar-refractivity contribution >= 4 is 11.9 Å². The maximum Gasteiger partial charge on any atom is 0.303 e. The lowest BCUT2D eigenvalue weighted by atomic mass is 10.0. The molecule has 0 aliphatic rings. The van der Waals surface area contributed by atoms with Crippen LogP contribution in [0.1, 0.15) is 206 Å². The molecule has 0 spiro atoms. The highest BCUT2D eigenvalue weighted by Crippen LogP contribution is 2.13.